The third kappa shape index (κ3) is 2.05. The molecule has 5 heteroatoms. The Labute approximate surface area is 128 Å². The van der Waals surface area contributed by atoms with Gasteiger partial charge < -0.3 is 10.8 Å². The summed E-state index contributed by atoms with van der Waals surface area (Å²) in [7, 11) is 0. The van der Waals surface area contributed by atoms with Crippen LogP contribution in [0.5, 0.6) is 0 Å². The van der Waals surface area contributed by atoms with Crippen LogP contribution >= 0.6 is 0 Å². The maximum atomic E-state index is 10.2. The SMILES string of the molecule is Nc1c2c(nc3c1cnn3Cc1ccccc1)CCCC2O. The number of nitrogens with two attached hydrogens (primary N) is 1. The maximum Gasteiger partial charge on any atom is 0.160 e. The predicted molar refractivity (Wildman–Crippen MR) is 85.4 cm³/mol. The highest BCUT2D eigenvalue weighted by Gasteiger charge is 2.25. The molecule has 3 N–H and O–H groups in total. The number of hydrogen-bond acceptors (Lipinski definition) is 4. The van der Waals surface area contributed by atoms with Crippen LogP contribution in [0.1, 0.15) is 35.8 Å². The van der Waals surface area contributed by atoms with Crippen molar-refractivity contribution in [1.29, 1.82) is 0 Å². The lowest BCUT2D eigenvalue weighted by Crippen LogP contribution is -2.15. The Kier molecular flexibility index (Phi) is 3.08. The van der Waals surface area contributed by atoms with Crippen LogP contribution in [-0.2, 0) is 13.0 Å². The van der Waals surface area contributed by atoms with Gasteiger partial charge in [0.05, 0.1) is 35.6 Å². The van der Waals surface area contributed by atoms with E-state index in [9.17, 15) is 5.11 Å². The molecule has 22 heavy (non-hydrogen) atoms. The topological polar surface area (TPSA) is 77.0 Å². The van der Waals surface area contributed by atoms with E-state index in [0.29, 0.717) is 12.2 Å². The molecule has 2 heterocycles. The minimum absolute atomic E-state index is 0.502. The number of nitrogen functional groups attached to an aromatic ring is 1. The van der Waals surface area contributed by atoms with Crippen LogP contribution in [-0.4, -0.2) is 19.9 Å². The zero-order valence-corrected chi connectivity index (χ0v) is 12.2. The summed E-state index contributed by atoms with van der Waals surface area (Å²) in [4.78, 5) is 4.74. The lowest BCUT2D eigenvalue weighted by Gasteiger charge is -2.22. The number of aromatic nitrogens is 3. The lowest BCUT2D eigenvalue weighted by atomic mass is 9.91. The minimum atomic E-state index is -0.502. The average molecular weight is 294 g/mol. The van der Waals surface area contributed by atoms with Gasteiger partial charge in [-0.1, -0.05) is 30.3 Å². The number of aryl methyl sites for hydroxylation is 1. The second kappa shape index (κ2) is 5.10. The minimum Gasteiger partial charge on any atom is -0.398 e. The van der Waals surface area contributed by atoms with Crippen LogP contribution < -0.4 is 5.73 Å². The summed E-state index contributed by atoms with van der Waals surface area (Å²) in [5, 5.41) is 15.5. The van der Waals surface area contributed by atoms with Crippen LogP contribution in [0.15, 0.2) is 36.5 Å². The summed E-state index contributed by atoms with van der Waals surface area (Å²) < 4.78 is 1.88. The number of anilines is 1. The molecule has 1 aliphatic carbocycles. The second-order valence-corrected chi connectivity index (χ2v) is 5.82. The number of rotatable bonds is 2. The number of benzene rings is 1. The molecule has 4 rings (SSSR count). The summed E-state index contributed by atoms with van der Waals surface area (Å²) in [6.45, 7) is 0.665. The van der Waals surface area contributed by atoms with Crippen molar-refractivity contribution in [3.05, 3.63) is 53.3 Å². The summed E-state index contributed by atoms with van der Waals surface area (Å²) in [5.74, 6) is 0. The number of hydrogen-bond donors (Lipinski definition) is 2. The van der Waals surface area contributed by atoms with E-state index in [-0.39, 0.29) is 0 Å². The molecule has 0 radical (unpaired) electrons. The molecule has 0 spiro atoms. The van der Waals surface area contributed by atoms with Crippen molar-refractivity contribution < 1.29 is 5.11 Å². The van der Waals surface area contributed by atoms with Crippen molar-refractivity contribution in [3.63, 3.8) is 0 Å². The van der Waals surface area contributed by atoms with Gasteiger partial charge >= 0.3 is 0 Å². The molecule has 1 aromatic carbocycles. The molecule has 0 bridgehead atoms. The Morgan fingerprint density at radius 3 is 2.91 bits per heavy atom. The van der Waals surface area contributed by atoms with E-state index in [1.165, 1.54) is 5.56 Å². The Hall–Kier alpha value is -2.40. The molecular formula is C17H18N4O. The Bertz CT molecular complexity index is 826. The van der Waals surface area contributed by atoms with Crippen LogP contribution in [0.4, 0.5) is 5.69 Å². The first-order chi connectivity index (χ1) is 10.7. The van der Waals surface area contributed by atoms with Crippen molar-refractivity contribution >= 4 is 16.7 Å². The van der Waals surface area contributed by atoms with Crippen LogP contribution in [0.2, 0.25) is 0 Å². The van der Waals surface area contributed by atoms with Crippen molar-refractivity contribution in [1.82, 2.24) is 14.8 Å². The first kappa shape index (κ1) is 13.3. The third-order valence-electron chi connectivity index (χ3n) is 4.34. The van der Waals surface area contributed by atoms with Crippen LogP contribution in [0.3, 0.4) is 0 Å². The Balaban J connectivity index is 1.84. The van der Waals surface area contributed by atoms with Gasteiger partial charge in [-0.2, -0.15) is 5.10 Å². The fraction of sp³-hybridized carbons (Fsp3) is 0.294. The summed E-state index contributed by atoms with van der Waals surface area (Å²) >= 11 is 0. The standard InChI is InChI=1S/C17H18N4O/c18-16-12-9-19-21(10-11-5-2-1-3-6-11)17(12)20-13-7-4-8-14(22)15(13)16/h1-3,5-6,9,14,22H,4,7-8,10H2,(H2,18,20). The van der Waals surface area contributed by atoms with E-state index in [1.54, 1.807) is 6.20 Å². The molecule has 0 aliphatic heterocycles. The largest absolute Gasteiger partial charge is 0.398 e. The van der Waals surface area contributed by atoms with Gasteiger partial charge in [0.25, 0.3) is 0 Å². The van der Waals surface area contributed by atoms with Gasteiger partial charge in [-0.25, -0.2) is 9.67 Å². The molecule has 1 unspecified atom stereocenters. The monoisotopic (exact) mass is 294 g/mol. The number of fused-ring (bicyclic) bond motifs is 2. The predicted octanol–water partition coefficient (Wildman–Crippen LogP) is 2.43. The summed E-state index contributed by atoms with van der Waals surface area (Å²) in [6, 6.07) is 10.2. The zero-order valence-electron chi connectivity index (χ0n) is 12.2. The highest BCUT2D eigenvalue weighted by Crippen LogP contribution is 2.36. The Morgan fingerprint density at radius 1 is 1.27 bits per heavy atom. The van der Waals surface area contributed by atoms with Crippen molar-refractivity contribution in [3.8, 4) is 0 Å². The molecule has 2 aromatic heterocycles. The van der Waals surface area contributed by atoms with Crippen molar-refractivity contribution in [2.75, 3.05) is 5.73 Å². The van der Waals surface area contributed by atoms with E-state index in [0.717, 1.165) is 41.6 Å². The zero-order chi connectivity index (χ0) is 15.1. The lowest BCUT2D eigenvalue weighted by molar-refractivity contribution is 0.156. The van der Waals surface area contributed by atoms with Crippen molar-refractivity contribution in [2.24, 2.45) is 0 Å². The number of pyridine rings is 1. The van der Waals surface area contributed by atoms with Gasteiger partial charge in [-0.3, -0.25) is 0 Å². The molecule has 112 valence electrons. The van der Waals surface area contributed by atoms with Crippen molar-refractivity contribution in [2.45, 2.75) is 31.9 Å². The smallest absolute Gasteiger partial charge is 0.160 e. The number of aliphatic hydroxyl groups excluding tert-OH is 1. The molecule has 0 saturated carbocycles. The van der Waals surface area contributed by atoms with Crippen LogP contribution in [0.25, 0.3) is 11.0 Å². The highest BCUT2D eigenvalue weighted by atomic mass is 16.3. The van der Waals surface area contributed by atoms with E-state index in [4.69, 9.17) is 10.7 Å². The maximum absolute atomic E-state index is 10.2. The number of aliphatic hydroxyl groups is 1. The van der Waals surface area contributed by atoms with Gasteiger partial charge in [-0.05, 0) is 24.8 Å². The van der Waals surface area contributed by atoms with Crippen LogP contribution in [0, 0.1) is 0 Å². The highest BCUT2D eigenvalue weighted by molar-refractivity contribution is 5.90. The summed E-state index contributed by atoms with van der Waals surface area (Å²) in [6.07, 6.45) is 3.81. The normalized spacial score (nSPS) is 17.6. The summed E-state index contributed by atoms with van der Waals surface area (Å²) in [5.41, 5.74) is 10.6. The van der Waals surface area contributed by atoms with Gasteiger partial charge in [0.2, 0.25) is 0 Å². The van der Waals surface area contributed by atoms with E-state index < -0.39 is 6.10 Å². The molecule has 0 saturated heterocycles. The first-order valence-corrected chi connectivity index (χ1v) is 7.60. The molecule has 3 aromatic rings. The Morgan fingerprint density at radius 2 is 2.09 bits per heavy atom. The van der Waals surface area contributed by atoms with Gasteiger partial charge in [0, 0.05) is 5.56 Å². The van der Waals surface area contributed by atoms with Gasteiger partial charge in [0.1, 0.15) is 0 Å². The molecule has 0 amide bonds. The number of nitrogens with zero attached hydrogens (tertiary/aromatic N) is 3. The molecule has 5 nitrogen and oxygen atoms in total. The molecule has 1 aliphatic rings. The second-order valence-electron chi connectivity index (χ2n) is 5.82. The van der Waals surface area contributed by atoms with Gasteiger partial charge in [-0.15, -0.1) is 0 Å². The van der Waals surface area contributed by atoms with Gasteiger partial charge in [0.15, 0.2) is 5.65 Å². The first-order valence-electron chi connectivity index (χ1n) is 7.60. The molecule has 1 atom stereocenters. The van der Waals surface area contributed by atoms with E-state index in [2.05, 4.69) is 17.2 Å². The fourth-order valence-electron chi connectivity index (χ4n) is 3.22. The fourth-order valence-corrected chi connectivity index (χ4v) is 3.22. The average Bonchev–Trinajstić information content (AvgIpc) is 2.92. The third-order valence-corrected chi connectivity index (χ3v) is 4.34. The molecule has 0 fully saturated rings. The quantitative estimate of drug-likeness (QED) is 0.761. The van der Waals surface area contributed by atoms with E-state index in [1.807, 2.05) is 22.9 Å². The van der Waals surface area contributed by atoms with E-state index >= 15 is 0 Å². The molecular weight excluding hydrogens is 276 g/mol.